The molecule has 12 heteroatoms. The molecule has 0 unspecified atom stereocenters. The van der Waals surface area contributed by atoms with Crippen molar-refractivity contribution in [1.82, 2.24) is 20.7 Å². The fraction of sp³-hybridized carbons (Fsp3) is 0.537. The molecule has 7 rings (SSSR count). The van der Waals surface area contributed by atoms with Crippen LogP contribution in [0.1, 0.15) is 56.5 Å². The third-order valence-corrected chi connectivity index (χ3v) is 12.1. The minimum Gasteiger partial charge on any atom is -0.496 e. The number of carbonyl (C=O) groups is 2. The van der Waals surface area contributed by atoms with Gasteiger partial charge in [-0.15, -0.1) is 0 Å². The van der Waals surface area contributed by atoms with Crippen LogP contribution >= 0.6 is 0 Å². The molecule has 2 amide bonds. The van der Waals surface area contributed by atoms with E-state index in [9.17, 15) is 19.8 Å². The van der Waals surface area contributed by atoms with E-state index in [4.69, 9.17) is 9.57 Å². The zero-order valence-electron chi connectivity index (χ0n) is 32.0. The lowest BCUT2D eigenvalue weighted by Crippen LogP contribution is -2.62. The van der Waals surface area contributed by atoms with Gasteiger partial charge in [-0.3, -0.25) is 14.4 Å². The number of aromatic nitrogens is 1. The van der Waals surface area contributed by atoms with E-state index in [-0.39, 0.29) is 36.4 Å². The summed E-state index contributed by atoms with van der Waals surface area (Å²) in [5.41, 5.74) is 3.93. The van der Waals surface area contributed by atoms with E-state index in [0.29, 0.717) is 42.2 Å². The Labute approximate surface area is 313 Å². The van der Waals surface area contributed by atoms with Gasteiger partial charge in [0.05, 0.1) is 26.4 Å². The van der Waals surface area contributed by atoms with Crippen LogP contribution in [0.25, 0.3) is 11.1 Å². The number of nitrogens with one attached hydrogen (secondary N) is 3. The number of hydrogen-bond acceptors (Lipinski definition) is 10. The summed E-state index contributed by atoms with van der Waals surface area (Å²) in [6, 6.07) is 16.3. The topological polar surface area (TPSA) is 149 Å². The van der Waals surface area contributed by atoms with Crippen LogP contribution in [0.3, 0.4) is 0 Å². The highest BCUT2D eigenvalue weighted by molar-refractivity contribution is 5.97. The van der Waals surface area contributed by atoms with Crippen LogP contribution in [0.2, 0.25) is 0 Å². The molecule has 2 heterocycles. The van der Waals surface area contributed by atoms with Gasteiger partial charge in [-0.2, -0.15) is 5.06 Å². The molecule has 1 aromatic heterocycles. The molecule has 3 aromatic rings. The number of fused-ring (bicyclic) bond motifs is 2. The van der Waals surface area contributed by atoms with Crippen molar-refractivity contribution in [3.63, 3.8) is 0 Å². The predicted molar refractivity (Wildman–Crippen MR) is 205 cm³/mol. The number of rotatable bonds is 14. The number of aliphatic hydroxyl groups excluding tert-OH is 2. The summed E-state index contributed by atoms with van der Waals surface area (Å²) in [4.78, 5) is 40.1. The van der Waals surface area contributed by atoms with E-state index in [2.05, 4.69) is 41.7 Å². The van der Waals surface area contributed by atoms with Gasteiger partial charge >= 0.3 is 0 Å². The molecule has 2 bridgehead atoms. The highest BCUT2D eigenvalue weighted by atomic mass is 16.7. The lowest BCUT2D eigenvalue weighted by atomic mass is 9.45. The van der Waals surface area contributed by atoms with Crippen LogP contribution in [-0.4, -0.2) is 97.3 Å². The molecule has 0 radical (unpaired) electrons. The summed E-state index contributed by atoms with van der Waals surface area (Å²) in [6.07, 6.45) is 2.18. The van der Waals surface area contributed by atoms with Gasteiger partial charge in [-0.05, 0) is 78.8 Å². The Balaban J connectivity index is 1.24. The fourth-order valence-corrected chi connectivity index (χ4v) is 8.92. The van der Waals surface area contributed by atoms with E-state index in [1.807, 2.05) is 73.6 Å². The van der Waals surface area contributed by atoms with Crippen molar-refractivity contribution in [2.45, 2.75) is 71.4 Å². The number of pyridine rings is 1. The lowest BCUT2D eigenvalue weighted by Gasteiger charge is -2.62. The zero-order chi connectivity index (χ0) is 38.0. The van der Waals surface area contributed by atoms with E-state index in [0.717, 1.165) is 34.6 Å². The molecule has 2 aromatic carbocycles. The smallest absolute Gasteiger partial charge is 0.251 e. The normalized spacial score (nSPS) is 26.6. The van der Waals surface area contributed by atoms with Gasteiger partial charge < -0.3 is 35.8 Å². The highest BCUT2D eigenvalue weighted by Crippen LogP contribution is 2.61. The number of amides is 2. The van der Waals surface area contributed by atoms with Crippen molar-refractivity contribution in [3.8, 4) is 16.9 Å². The number of aliphatic hydroxyl groups is 2. The Hall–Kier alpha value is -4.23. The Bertz CT molecular complexity index is 1750. The SMILES string of the molecule is COc1c(CN2O[C@@H](CO)[C@@H]([C@H](C)O)[C@H]2C(=O)N[C@H]2C[C@@H]3C[C@@H]([C@@H]2C)C3(C)C)cccc1-c1cc(C(=O)NCCNc2ccccn2)cc(N(C)C)c1. The number of hydrogen-bond donors (Lipinski definition) is 5. The summed E-state index contributed by atoms with van der Waals surface area (Å²) in [7, 11) is 5.45. The Kier molecular flexibility index (Phi) is 11.6. The van der Waals surface area contributed by atoms with Crippen molar-refractivity contribution in [1.29, 1.82) is 0 Å². The number of ether oxygens (including phenoxy) is 1. The number of carbonyl (C=O) groups excluding carboxylic acids is 2. The van der Waals surface area contributed by atoms with Gasteiger partial charge in [0.15, 0.2) is 0 Å². The third-order valence-electron chi connectivity index (χ3n) is 12.1. The second-order valence-electron chi connectivity index (χ2n) is 15.8. The molecule has 8 atom stereocenters. The molecule has 53 heavy (non-hydrogen) atoms. The molecule has 0 spiro atoms. The Morgan fingerprint density at radius 3 is 2.55 bits per heavy atom. The van der Waals surface area contributed by atoms with Crippen molar-refractivity contribution in [2.75, 3.05) is 51.1 Å². The number of methoxy groups -OCH3 is 1. The molecule has 1 saturated heterocycles. The Morgan fingerprint density at radius 2 is 1.91 bits per heavy atom. The van der Waals surface area contributed by atoms with Crippen LogP contribution in [0.4, 0.5) is 11.5 Å². The van der Waals surface area contributed by atoms with Gasteiger partial charge in [0.1, 0.15) is 23.7 Å². The van der Waals surface area contributed by atoms with Crippen LogP contribution in [0.5, 0.6) is 5.75 Å². The number of hydroxylamine groups is 2. The lowest BCUT2D eigenvalue weighted by molar-refractivity contribution is -0.183. The van der Waals surface area contributed by atoms with Gasteiger partial charge in [0.2, 0.25) is 5.91 Å². The Morgan fingerprint density at radius 1 is 1.11 bits per heavy atom. The van der Waals surface area contributed by atoms with Gasteiger partial charge in [-0.25, -0.2) is 4.98 Å². The molecule has 4 aliphatic rings. The molecule has 12 nitrogen and oxygen atoms in total. The second kappa shape index (κ2) is 16.0. The number of benzene rings is 2. The van der Waals surface area contributed by atoms with Gasteiger partial charge in [-0.1, -0.05) is 45.0 Å². The molecular formula is C41H56N6O6. The predicted octanol–water partition coefficient (Wildman–Crippen LogP) is 4.33. The molecule has 3 aliphatic carbocycles. The molecule has 5 N–H and O–H groups in total. The van der Waals surface area contributed by atoms with Gasteiger partial charge in [0, 0.05) is 67.7 Å². The maximum atomic E-state index is 14.2. The van der Waals surface area contributed by atoms with E-state index in [1.165, 1.54) is 6.42 Å². The first-order valence-corrected chi connectivity index (χ1v) is 18.8. The van der Waals surface area contributed by atoms with Gasteiger partial charge in [0.25, 0.3) is 5.91 Å². The minimum absolute atomic E-state index is 0.0364. The third kappa shape index (κ3) is 7.87. The zero-order valence-corrected chi connectivity index (χ0v) is 32.0. The summed E-state index contributed by atoms with van der Waals surface area (Å²) in [5, 5.41) is 32.4. The average Bonchev–Trinajstić information content (AvgIpc) is 3.52. The first kappa shape index (κ1) is 38.5. The first-order chi connectivity index (χ1) is 25.3. The number of anilines is 2. The summed E-state index contributed by atoms with van der Waals surface area (Å²) >= 11 is 0. The number of para-hydroxylation sites is 1. The molecule has 3 saturated carbocycles. The van der Waals surface area contributed by atoms with Crippen molar-refractivity contribution in [2.24, 2.45) is 29.1 Å². The maximum absolute atomic E-state index is 14.2. The van der Waals surface area contributed by atoms with Crippen LogP contribution < -0.4 is 25.6 Å². The van der Waals surface area contributed by atoms with E-state index < -0.39 is 24.2 Å². The minimum atomic E-state index is -0.902. The fourth-order valence-electron chi connectivity index (χ4n) is 8.92. The first-order valence-electron chi connectivity index (χ1n) is 18.8. The quantitative estimate of drug-likeness (QED) is 0.152. The van der Waals surface area contributed by atoms with Crippen molar-refractivity contribution >= 4 is 23.3 Å². The van der Waals surface area contributed by atoms with Crippen molar-refractivity contribution < 1.29 is 29.4 Å². The maximum Gasteiger partial charge on any atom is 0.251 e. The molecule has 4 fully saturated rings. The largest absolute Gasteiger partial charge is 0.496 e. The van der Waals surface area contributed by atoms with Crippen LogP contribution in [0.15, 0.2) is 60.8 Å². The highest BCUT2D eigenvalue weighted by Gasteiger charge is 2.57. The monoisotopic (exact) mass is 728 g/mol. The standard InChI is InChI=1S/C41H56N6O6/c1-24-32-20-29(41(32,3)4)21-33(24)45-40(51)37-36(25(2)49)34(23-48)53-47(37)22-26-11-10-12-31(38(26)52-7)27-17-28(19-30(18-27)46(5)6)39(50)44-16-15-43-35-13-8-9-14-42-35/h8-14,17-19,24-25,29,32-34,36-37,48-49H,15-16,20-23H2,1-7H3,(H,42,43)(H,44,50)(H,45,51)/t24-,25-,29-,32-,33-,34-,36+,37-/m0/s1. The molecular weight excluding hydrogens is 672 g/mol. The van der Waals surface area contributed by atoms with Crippen LogP contribution in [0, 0.1) is 29.1 Å². The van der Waals surface area contributed by atoms with Crippen molar-refractivity contribution in [3.05, 3.63) is 71.9 Å². The van der Waals surface area contributed by atoms with E-state index >= 15 is 0 Å². The summed E-state index contributed by atoms with van der Waals surface area (Å²) in [6.45, 7) is 9.29. The average molecular weight is 729 g/mol. The summed E-state index contributed by atoms with van der Waals surface area (Å²) in [5.74, 6) is 1.71. The second-order valence-corrected chi connectivity index (χ2v) is 15.8. The summed E-state index contributed by atoms with van der Waals surface area (Å²) < 4.78 is 6.05. The molecule has 1 aliphatic heterocycles. The molecule has 286 valence electrons. The van der Waals surface area contributed by atoms with Crippen LogP contribution in [-0.2, 0) is 16.2 Å². The van der Waals surface area contributed by atoms with E-state index in [1.54, 1.807) is 25.3 Å². The number of nitrogens with zero attached hydrogens (tertiary/aromatic N) is 3.